The van der Waals surface area contributed by atoms with Gasteiger partial charge in [0.1, 0.15) is 0 Å². The maximum atomic E-state index is 2.16. The minimum Gasteiger partial charge on any atom is -0.0854 e. The van der Waals surface area contributed by atoms with Crippen LogP contribution < -0.4 is 0 Å². The van der Waals surface area contributed by atoms with Gasteiger partial charge in [0, 0.05) is 5.75 Å². The fourth-order valence-corrected chi connectivity index (χ4v) is 7.07. The molecule has 0 aromatic carbocycles. The molecule has 3 fully saturated rings. The van der Waals surface area contributed by atoms with Crippen molar-refractivity contribution in [2.24, 2.45) is 0 Å². The highest BCUT2D eigenvalue weighted by molar-refractivity contribution is 8.78. The predicted molar refractivity (Wildman–Crippen MR) is 168 cm³/mol. The molecule has 0 aromatic heterocycles. The lowest BCUT2D eigenvalue weighted by Gasteiger charge is -2.05. The van der Waals surface area contributed by atoms with Crippen molar-refractivity contribution in [1.82, 2.24) is 0 Å². The SMILES string of the molecule is C1=CSSC1.C1CCCCCCCCC1.C1CCCCCCCCC1.C1CCCCCCCCC1. The van der Waals surface area contributed by atoms with Gasteiger partial charge in [0.15, 0.2) is 0 Å². The molecule has 1 heterocycles. The van der Waals surface area contributed by atoms with E-state index in [4.69, 9.17) is 0 Å². The van der Waals surface area contributed by atoms with Gasteiger partial charge in [0.25, 0.3) is 0 Å². The van der Waals surface area contributed by atoms with Gasteiger partial charge < -0.3 is 0 Å². The molecule has 35 heavy (non-hydrogen) atoms. The Balaban J connectivity index is 0.000000239. The van der Waals surface area contributed by atoms with Crippen LogP contribution in [-0.2, 0) is 0 Å². The molecule has 3 saturated carbocycles. The van der Waals surface area contributed by atoms with Crippen molar-refractivity contribution >= 4 is 21.6 Å². The Hall–Kier alpha value is 0.440. The van der Waals surface area contributed by atoms with Gasteiger partial charge in [0.2, 0.25) is 0 Å². The van der Waals surface area contributed by atoms with Crippen LogP contribution in [0.15, 0.2) is 11.5 Å². The van der Waals surface area contributed by atoms with Crippen LogP contribution in [0.1, 0.15) is 193 Å². The molecule has 0 spiro atoms. The summed E-state index contributed by atoms with van der Waals surface area (Å²) < 4.78 is 0. The van der Waals surface area contributed by atoms with Crippen LogP contribution in [0.5, 0.6) is 0 Å². The van der Waals surface area contributed by atoms with E-state index in [2.05, 4.69) is 11.5 Å². The lowest BCUT2D eigenvalue weighted by molar-refractivity contribution is 0.504. The summed E-state index contributed by atoms with van der Waals surface area (Å²) in [6, 6.07) is 0. The Labute approximate surface area is 230 Å². The van der Waals surface area contributed by atoms with Gasteiger partial charge >= 0.3 is 0 Å². The molecule has 0 saturated heterocycles. The number of hydrogen-bond donors (Lipinski definition) is 0. The molecule has 0 bridgehead atoms. The molecule has 2 heteroatoms. The summed E-state index contributed by atoms with van der Waals surface area (Å²) in [5, 5.41) is 2.12. The van der Waals surface area contributed by atoms with Gasteiger partial charge in [-0.3, -0.25) is 0 Å². The summed E-state index contributed by atoms with van der Waals surface area (Å²) in [5.74, 6) is 1.20. The number of rotatable bonds is 0. The van der Waals surface area contributed by atoms with Crippen molar-refractivity contribution in [1.29, 1.82) is 0 Å². The van der Waals surface area contributed by atoms with E-state index < -0.39 is 0 Å². The summed E-state index contributed by atoms with van der Waals surface area (Å²) in [5.41, 5.74) is 0. The van der Waals surface area contributed by atoms with E-state index in [0.717, 1.165) is 0 Å². The molecule has 4 aliphatic rings. The lowest BCUT2D eigenvalue weighted by atomic mass is 10.0. The Bertz CT molecular complexity index is 253. The van der Waals surface area contributed by atoms with Crippen molar-refractivity contribution < 1.29 is 0 Å². The molecule has 0 unspecified atom stereocenters. The molecule has 1 aliphatic heterocycles. The summed E-state index contributed by atoms with van der Waals surface area (Å²) in [4.78, 5) is 0. The zero-order valence-corrected chi connectivity index (χ0v) is 25.5. The van der Waals surface area contributed by atoms with E-state index in [1.54, 1.807) is 0 Å². The Kier molecular flexibility index (Phi) is 29.3. The molecular formula is C33H64S2. The molecule has 0 atom stereocenters. The first kappa shape index (κ1) is 33.5. The Morgan fingerprint density at radius 2 is 0.429 bits per heavy atom. The third-order valence-electron chi connectivity index (χ3n) is 7.88. The van der Waals surface area contributed by atoms with Crippen LogP contribution in [0.3, 0.4) is 0 Å². The van der Waals surface area contributed by atoms with Crippen molar-refractivity contribution in [3.8, 4) is 0 Å². The van der Waals surface area contributed by atoms with Crippen LogP contribution in [0, 0.1) is 0 Å². The summed E-state index contributed by atoms with van der Waals surface area (Å²) in [6.45, 7) is 0. The maximum absolute atomic E-state index is 2.16. The lowest BCUT2D eigenvalue weighted by Crippen LogP contribution is -1.85. The van der Waals surface area contributed by atoms with Crippen molar-refractivity contribution in [3.63, 3.8) is 0 Å². The highest BCUT2D eigenvalue weighted by Gasteiger charge is 1.97. The first-order chi connectivity index (χ1) is 17.5. The molecule has 0 amide bonds. The second-order valence-electron chi connectivity index (χ2n) is 11.4. The van der Waals surface area contributed by atoms with Crippen LogP contribution in [0.4, 0.5) is 0 Å². The van der Waals surface area contributed by atoms with Gasteiger partial charge in [0.05, 0.1) is 0 Å². The Morgan fingerprint density at radius 1 is 0.257 bits per heavy atom. The predicted octanol–water partition coefficient (Wildman–Crippen LogP) is 13.6. The minimum atomic E-state index is 1.20. The quantitative estimate of drug-likeness (QED) is 0.289. The van der Waals surface area contributed by atoms with Crippen molar-refractivity contribution in [3.05, 3.63) is 11.5 Å². The highest BCUT2D eigenvalue weighted by atomic mass is 33.1. The summed E-state index contributed by atoms with van der Waals surface area (Å²) >= 11 is 0. The average molecular weight is 525 g/mol. The van der Waals surface area contributed by atoms with E-state index in [1.165, 1.54) is 198 Å². The minimum absolute atomic E-state index is 1.20. The van der Waals surface area contributed by atoms with Crippen LogP contribution in [0.25, 0.3) is 0 Å². The fourth-order valence-electron chi connectivity index (χ4n) is 5.50. The Morgan fingerprint density at radius 3 is 0.486 bits per heavy atom. The molecule has 3 aliphatic carbocycles. The van der Waals surface area contributed by atoms with E-state index >= 15 is 0 Å². The highest BCUT2D eigenvalue weighted by Crippen LogP contribution is 2.27. The van der Waals surface area contributed by atoms with Gasteiger partial charge in [-0.05, 0) is 5.41 Å². The largest absolute Gasteiger partial charge is 0.0854 e. The molecule has 4 rings (SSSR count). The summed E-state index contributed by atoms with van der Waals surface area (Å²) in [6.07, 6.45) is 47.2. The summed E-state index contributed by atoms with van der Waals surface area (Å²) in [7, 11) is 3.69. The van der Waals surface area contributed by atoms with E-state index in [1.807, 2.05) is 21.6 Å². The topological polar surface area (TPSA) is 0 Å². The van der Waals surface area contributed by atoms with E-state index in [-0.39, 0.29) is 0 Å². The van der Waals surface area contributed by atoms with Gasteiger partial charge in [-0.1, -0.05) is 220 Å². The first-order valence-corrected chi connectivity index (χ1v) is 18.8. The third-order valence-corrected chi connectivity index (χ3v) is 9.80. The third kappa shape index (κ3) is 28.9. The molecular weight excluding hydrogens is 460 g/mol. The maximum Gasteiger partial charge on any atom is 0.0229 e. The van der Waals surface area contributed by atoms with Gasteiger partial charge in [-0.2, -0.15) is 0 Å². The smallest absolute Gasteiger partial charge is 0.0229 e. The molecule has 208 valence electrons. The van der Waals surface area contributed by atoms with Crippen molar-refractivity contribution in [2.45, 2.75) is 193 Å². The van der Waals surface area contributed by atoms with Gasteiger partial charge in [-0.15, -0.1) is 0 Å². The molecule has 0 N–H and O–H groups in total. The molecule has 0 nitrogen and oxygen atoms in total. The average Bonchev–Trinajstić information content (AvgIpc) is 3.51. The number of hydrogen-bond acceptors (Lipinski definition) is 2. The first-order valence-electron chi connectivity index (χ1n) is 16.4. The zero-order chi connectivity index (χ0) is 24.7. The van der Waals surface area contributed by atoms with E-state index in [9.17, 15) is 0 Å². The van der Waals surface area contributed by atoms with Gasteiger partial charge in [-0.25, -0.2) is 0 Å². The van der Waals surface area contributed by atoms with Crippen LogP contribution in [0.2, 0.25) is 0 Å². The standard InChI is InChI=1S/3C10H20.C3H4S2/c3*1-2-4-6-8-10-9-7-5-3-1;1-2-4-5-3-1/h3*1-10H2;1-2H,3H2. The molecule has 0 radical (unpaired) electrons. The zero-order valence-electron chi connectivity index (χ0n) is 23.9. The monoisotopic (exact) mass is 524 g/mol. The second kappa shape index (κ2) is 30.7. The fraction of sp³-hybridized carbons (Fsp3) is 0.939. The van der Waals surface area contributed by atoms with Crippen LogP contribution in [-0.4, -0.2) is 5.75 Å². The normalized spacial score (nSPS) is 23.5. The van der Waals surface area contributed by atoms with Crippen molar-refractivity contribution in [2.75, 3.05) is 5.75 Å². The molecule has 0 aromatic rings. The second-order valence-corrected chi connectivity index (χ2v) is 13.7. The van der Waals surface area contributed by atoms with Crippen LogP contribution >= 0.6 is 21.6 Å². The van der Waals surface area contributed by atoms with E-state index in [0.29, 0.717) is 0 Å².